The van der Waals surface area contributed by atoms with E-state index in [4.69, 9.17) is 5.26 Å². The number of benzene rings is 3. The zero-order valence-electron chi connectivity index (χ0n) is 19.4. The van der Waals surface area contributed by atoms with Gasteiger partial charge in [0, 0.05) is 34.7 Å². The van der Waals surface area contributed by atoms with Crippen molar-refractivity contribution in [1.29, 1.82) is 5.26 Å². The predicted octanol–water partition coefficient (Wildman–Crippen LogP) is 5.18. The van der Waals surface area contributed by atoms with Gasteiger partial charge in [-0.05, 0) is 54.8 Å². The first-order valence-corrected chi connectivity index (χ1v) is 11.6. The number of fused-ring (bicyclic) bond motifs is 1. The van der Waals surface area contributed by atoms with Crippen molar-refractivity contribution in [2.24, 2.45) is 0 Å². The van der Waals surface area contributed by atoms with Crippen LogP contribution in [-0.4, -0.2) is 20.4 Å². The summed E-state index contributed by atoms with van der Waals surface area (Å²) in [5.74, 6) is 0.677. The normalized spacial score (nSPS) is 11.8. The Labute approximate surface area is 203 Å². The number of hydrogen-bond acceptors (Lipinski definition) is 3. The molecule has 6 nitrogen and oxygen atoms in total. The molecule has 172 valence electrons. The summed E-state index contributed by atoms with van der Waals surface area (Å²) in [6.45, 7) is 2.00. The van der Waals surface area contributed by atoms with Gasteiger partial charge in [-0.25, -0.2) is 4.98 Å². The van der Waals surface area contributed by atoms with Gasteiger partial charge >= 0.3 is 0 Å². The number of H-pyrrole nitrogens is 1. The van der Waals surface area contributed by atoms with Crippen LogP contribution in [0.1, 0.15) is 34.3 Å². The number of carbonyl (C=O) groups excluding carboxylic acids is 1. The van der Waals surface area contributed by atoms with Crippen molar-refractivity contribution in [3.63, 3.8) is 0 Å². The average molecular weight is 460 g/mol. The number of carbonyl (C=O) groups is 1. The fourth-order valence-electron chi connectivity index (χ4n) is 4.51. The summed E-state index contributed by atoms with van der Waals surface area (Å²) >= 11 is 0. The summed E-state index contributed by atoms with van der Waals surface area (Å²) in [7, 11) is 0. The number of nitrogens with one attached hydrogen (secondary N) is 2. The van der Waals surface area contributed by atoms with E-state index in [0.29, 0.717) is 12.0 Å². The third kappa shape index (κ3) is 4.71. The standard InChI is InChI=1S/C29H25N5O/c1-20-25(24-9-5-6-10-26(24)32-20)18-28(35)33-27(17-21-7-3-2-4-8-21)29-31-15-16-34(29)23-13-11-22(19-30)12-14-23/h2-16,27,32H,17-18H2,1H3,(H,33,35)/t27-/m0/s1. The van der Waals surface area contributed by atoms with Crippen LogP contribution in [0.15, 0.2) is 91.3 Å². The van der Waals surface area contributed by atoms with Gasteiger partial charge in [0.1, 0.15) is 5.82 Å². The smallest absolute Gasteiger partial charge is 0.225 e. The summed E-state index contributed by atoms with van der Waals surface area (Å²) in [5, 5.41) is 13.4. The molecule has 0 aliphatic carbocycles. The van der Waals surface area contributed by atoms with Crippen LogP contribution < -0.4 is 5.32 Å². The van der Waals surface area contributed by atoms with E-state index < -0.39 is 0 Å². The Bertz CT molecular complexity index is 1510. The van der Waals surface area contributed by atoms with E-state index in [9.17, 15) is 4.79 Å². The van der Waals surface area contributed by atoms with Gasteiger partial charge in [0.25, 0.3) is 0 Å². The van der Waals surface area contributed by atoms with E-state index in [1.54, 1.807) is 18.3 Å². The quantitative estimate of drug-likeness (QED) is 0.352. The Hall–Kier alpha value is -4.63. The molecular weight excluding hydrogens is 434 g/mol. The van der Waals surface area contributed by atoms with Gasteiger partial charge in [0.15, 0.2) is 0 Å². The Morgan fingerprint density at radius 2 is 1.80 bits per heavy atom. The molecule has 0 fully saturated rings. The molecule has 5 rings (SSSR count). The Kier molecular flexibility index (Phi) is 6.15. The lowest BCUT2D eigenvalue weighted by Gasteiger charge is -2.20. The lowest BCUT2D eigenvalue weighted by molar-refractivity contribution is -0.121. The zero-order chi connectivity index (χ0) is 24.2. The largest absolute Gasteiger partial charge is 0.358 e. The topological polar surface area (TPSA) is 86.5 Å². The lowest BCUT2D eigenvalue weighted by atomic mass is 10.0. The maximum absolute atomic E-state index is 13.3. The second-order valence-corrected chi connectivity index (χ2v) is 8.57. The fourth-order valence-corrected chi connectivity index (χ4v) is 4.51. The number of aromatic amines is 1. The van der Waals surface area contributed by atoms with E-state index in [1.165, 1.54) is 0 Å². The molecule has 2 aromatic heterocycles. The molecule has 0 unspecified atom stereocenters. The van der Waals surface area contributed by atoms with Crippen LogP contribution in [0.4, 0.5) is 0 Å². The molecule has 0 aliphatic heterocycles. The number of rotatable bonds is 7. The number of aromatic nitrogens is 3. The number of hydrogen-bond donors (Lipinski definition) is 2. The van der Waals surface area contributed by atoms with Gasteiger partial charge < -0.3 is 14.9 Å². The number of imidazole rings is 1. The second kappa shape index (κ2) is 9.70. The molecule has 0 radical (unpaired) electrons. The van der Waals surface area contributed by atoms with Crippen LogP contribution in [-0.2, 0) is 17.6 Å². The summed E-state index contributed by atoms with van der Waals surface area (Å²) in [4.78, 5) is 21.3. The number of aryl methyl sites for hydroxylation is 1. The number of amides is 1. The second-order valence-electron chi connectivity index (χ2n) is 8.57. The highest BCUT2D eigenvalue weighted by atomic mass is 16.1. The van der Waals surface area contributed by atoms with Gasteiger partial charge in [-0.1, -0.05) is 48.5 Å². The highest BCUT2D eigenvalue weighted by Crippen LogP contribution is 2.24. The molecule has 0 bridgehead atoms. The number of nitrogens with zero attached hydrogens (tertiary/aromatic N) is 3. The first-order chi connectivity index (χ1) is 17.1. The summed E-state index contributed by atoms with van der Waals surface area (Å²) < 4.78 is 1.96. The van der Waals surface area contributed by atoms with Crippen molar-refractivity contribution in [3.8, 4) is 11.8 Å². The van der Waals surface area contributed by atoms with Crippen LogP contribution in [0.3, 0.4) is 0 Å². The summed E-state index contributed by atoms with van der Waals surface area (Å²) in [5.41, 5.74) is 5.63. The highest BCUT2D eigenvalue weighted by molar-refractivity contribution is 5.90. The van der Waals surface area contributed by atoms with Crippen molar-refractivity contribution in [3.05, 3.63) is 119 Å². The first kappa shape index (κ1) is 22.2. The first-order valence-electron chi connectivity index (χ1n) is 11.6. The minimum absolute atomic E-state index is 0.0619. The van der Waals surface area contributed by atoms with Crippen LogP contribution in [0.2, 0.25) is 0 Å². The van der Waals surface area contributed by atoms with Crippen molar-refractivity contribution in [2.45, 2.75) is 25.8 Å². The Balaban J connectivity index is 1.45. The maximum Gasteiger partial charge on any atom is 0.225 e. The Morgan fingerprint density at radius 1 is 1.06 bits per heavy atom. The molecule has 2 N–H and O–H groups in total. The molecule has 6 heteroatoms. The third-order valence-corrected chi connectivity index (χ3v) is 6.24. The number of para-hydroxylation sites is 1. The molecule has 0 saturated heterocycles. The van der Waals surface area contributed by atoms with E-state index in [2.05, 4.69) is 33.5 Å². The van der Waals surface area contributed by atoms with Crippen LogP contribution in [0, 0.1) is 18.3 Å². The molecule has 0 spiro atoms. The monoisotopic (exact) mass is 459 g/mol. The van der Waals surface area contributed by atoms with Crippen LogP contribution >= 0.6 is 0 Å². The van der Waals surface area contributed by atoms with Gasteiger partial charge in [0.2, 0.25) is 5.91 Å². The highest BCUT2D eigenvalue weighted by Gasteiger charge is 2.22. The van der Waals surface area contributed by atoms with E-state index in [0.717, 1.165) is 39.2 Å². The van der Waals surface area contributed by atoms with Gasteiger partial charge in [-0.2, -0.15) is 5.26 Å². The molecule has 0 saturated carbocycles. The van der Waals surface area contributed by atoms with Crippen LogP contribution in [0.5, 0.6) is 0 Å². The van der Waals surface area contributed by atoms with Crippen molar-refractivity contribution in [1.82, 2.24) is 19.9 Å². The summed E-state index contributed by atoms with van der Waals surface area (Å²) in [6.07, 6.45) is 4.50. The third-order valence-electron chi connectivity index (χ3n) is 6.24. The molecule has 5 aromatic rings. The molecule has 2 heterocycles. The molecule has 1 atom stereocenters. The van der Waals surface area contributed by atoms with Crippen LogP contribution in [0.25, 0.3) is 16.6 Å². The number of nitriles is 1. The van der Waals surface area contributed by atoms with Crippen molar-refractivity contribution < 1.29 is 4.79 Å². The van der Waals surface area contributed by atoms with E-state index >= 15 is 0 Å². The molecular formula is C29H25N5O. The van der Waals surface area contributed by atoms with Crippen molar-refractivity contribution in [2.75, 3.05) is 0 Å². The molecule has 0 aliphatic rings. The van der Waals surface area contributed by atoms with Gasteiger partial charge in [-0.15, -0.1) is 0 Å². The predicted molar refractivity (Wildman–Crippen MR) is 136 cm³/mol. The lowest BCUT2D eigenvalue weighted by Crippen LogP contribution is -2.33. The maximum atomic E-state index is 13.3. The van der Waals surface area contributed by atoms with E-state index in [-0.39, 0.29) is 18.4 Å². The zero-order valence-corrected chi connectivity index (χ0v) is 19.4. The van der Waals surface area contributed by atoms with Crippen molar-refractivity contribution >= 4 is 16.8 Å². The molecule has 35 heavy (non-hydrogen) atoms. The molecule has 3 aromatic carbocycles. The molecule has 1 amide bonds. The minimum atomic E-state index is -0.332. The Morgan fingerprint density at radius 3 is 2.57 bits per heavy atom. The van der Waals surface area contributed by atoms with Gasteiger partial charge in [0.05, 0.1) is 24.1 Å². The average Bonchev–Trinajstić information content (AvgIpc) is 3.49. The summed E-state index contributed by atoms with van der Waals surface area (Å²) in [6, 6.07) is 27.3. The SMILES string of the molecule is Cc1[nH]c2ccccc2c1CC(=O)N[C@@H](Cc1ccccc1)c1nccn1-c1ccc(C#N)cc1. The fraction of sp³-hybridized carbons (Fsp3) is 0.138. The minimum Gasteiger partial charge on any atom is -0.358 e. The van der Waals surface area contributed by atoms with Gasteiger partial charge in [-0.3, -0.25) is 4.79 Å². The van der Waals surface area contributed by atoms with E-state index in [1.807, 2.05) is 72.3 Å².